The Balaban J connectivity index is 2.03. The normalized spacial score (nSPS) is 10.3. The van der Waals surface area contributed by atoms with Crippen molar-refractivity contribution >= 4 is 23.0 Å². The molecule has 2 aromatic heterocycles. The fourth-order valence-corrected chi connectivity index (χ4v) is 1.81. The third kappa shape index (κ3) is 3.07. The summed E-state index contributed by atoms with van der Waals surface area (Å²) < 4.78 is 5.26. The number of nitrogens with two attached hydrogens (primary N) is 1. The van der Waals surface area contributed by atoms with Gasteiger partial charge in [-0.1, -0.05) is 12.2 Å². The van der Waals surface area contributed by atoms with Crippen LogP contribution in [-0.4, -0.2) is 16.5 Å². The van der Waals surface area contributed by atoms with Crippen molar-refractivity contribution in [1.29, 1.82) is 0 Å². The molecule has 94 valence electrons. The quantitative estimate of drug-likeness (QED) is 0.808. The second kappa shape index (κ2) is 5.64. The van der Waals surface area contributed by atoms with Crippen LogP contribution in [0.3, 0.4) is 0 Å². The third-order valence-corrected chi connectivity index (χ3v) is 2.76. The van der Waals surface area contributed by atoms with Gasteiger partial charge in [-0.25, -0.2) is 4.98 Å². The van der Waals surface area contributed by atoms with Gasteiger partial charge in [0.2, 0.25) is 0 Å². The first-order valence-corrected chi connectivity index (χ1v) is 6.11. The first-order chi connectivity index (χ1) is 8.66. The number of hydrogen-bond acceptors (Lipinski definition) is 4. The van der Waals surface area contributed by atoms with Crippen LogP contribution in [0.15, 0.2) is 34.9 Å². The Kier molecular flexibility index (Phi) is 3.94. The number of aryl methyl sites for hydroxylation is 1. The van der Waals surface area contributed by atoms with Gasteiger partial charge in [0.1, 0.15) is 16.6 Å². The van der Waals surface area contributed by atoms with E-state index in [2.05, 4.69) is 10.3 Å². The summed E-state index contributed by atoms with van der Waals surface area (Å²) in [4.78, 5) is 4.75. The topological polar surface area (TPSA) is 64.1 Å². The minimum Gasteiger partial charge on any atom is -0.469 e. The molecule has 2 aromatic rings. The van der Waals surface area contributed by atoms with Crippen LogP contribution in [-0.2, 0) is 6.42 Å². The zero-order valence-corrected chi connectivity index (χ0v) is 11.0. The number of rotatable bonds is 5. The minimum atomic E-state index is 0.350. The van der Waals surface area contributed by atoms with Crippen LogP contribution in [0.1, 0.15) is 17.0 Å². The summed E-state index contributed by atoms with van der Waals surface area (Å²) in [6.45, 7) is 2.65. The van der Waals surface area contributed by atoms with Crippen molar-refractivity contribution in [1.82, 2.24) is 4.98 Å². The lowest BCUT2D eigenvalue weighted by Gasteiger charge is -2.10. The standard InChI is InChI=1S/C13H15N3OS/c1-9-4-5-11(12(14)18)13(16-9)15-7-6-10-3-2-8-17-10/h2-5,8H,6-7H2,1H3,(H2,14,18)(H,15,16). The summed E-state index contributed by atoms with van der Waals surface area (Å²) in [6.07, 6.45) is 2.46. The van der Waals surface area contributed by atoms with E-state index in [9.17, 15) is 0 Å². The van der Waals surface area contributed by atoms with Crippen LogP contribution in [0, 0.1) is 6.92 Å². The number of pyridine rings is 1. The number of thiocarbonyl (C=S) groups is 1. The van der Waals surface area contributed by atoms with Crippen molar-refractivity contribution in [3.05, 3.63) is 47.5 Å². The molecule has 4 nitrogen and oxygen atoms in total. The van der Waals surface area contributed by atoms with Crippen molar-refractivity contribution in [2.24, 2.45) is 5.73 Å². The van der Waals surface area contributed by atoms with Crippen LogP contribution in [0.2, 0.25) is 0 Å². The summed E-state index contributed by atoms with van der Waals surface area (Å²) in [7, 11) is 0. The molecule has 0 aliphatic rings. The number of anilines is 1. The van der Waals surface area contributed by atoms with Crippen molar-refractivity contribution in [2.45, 2.75) is 13.3 Å². The first kappa shape index (κ1) is 12.6. The van der Waals surface area contributed by atoms with Crippen molar-refractivity contribution in [2.75, 3.05) is 11.9 Å². The Morgan fingerprint density at radius 3 is 2.94 bits per heavy atom. The number of nitrogens with zero attached hydrogens (tertiary/aromatic N) is 1. The Morgan fingerprint density at radius 2 is 2.28 bits per heavy atom. The van der Waals surface area contributed by atoms with E-state index >= 15 is 0 Å². The lowest BCUT2D eigenvalue weighted by Crippen LogP contribution is -2.16. The second-order valence-electron chi connectivity index (χ2n) is 3.97. The molecule has 2 rings (SSSR count). The highest BCUT2D eigenvalue weighted by Crippen LogP contribution is 2.13. The number of aromatic nitrogens is 1. The van der Waals surface area contributed by atoms with Gasteiger partial charge in [0.15, 0.2) is 0 Å². The van der Waals surface area contributed by atoms with E-state index in [0.29, 0.717) is 4.99 Å². The van der Waals surface area contributed by atoms with Crippen molar-refractivity contribution < 1.29 is 4.42 Å². The average molecular weight is 261 g/mol. The molecule has 0 fully saturated rings. The molecule has 0 aliphatic carbocycles. The summed E-state index contributed by atoms with van der Waals surface area (Å²) in [5, 5.41) is 3.24. The van der Waals surface area contributed by atoms with Crippen LogP contribution >= 0.6 is 12.2 Å². The van der Waals surface area contributed by atoms with Gasteiger partial charge in [-0.2, -0.15) is 0 Å². The zero-order valence-electron chi connectivity index (χ0n) is 10.1. The maximum atomic E-state index is 5.66. The Hall–Kier alpha value is -1.88. The maximum absolute atomic E-state index is 5.66. The van der Waals surface area contributed by atoms with Gasteiger partial charge in [-0.15, -0.1) is 0 Å². The fraction of sp³-hybridized carbons (Fsp3) is 0.231. The highest BCUT2D eigenvalue weighted by Gasteiger charge is 2.06. The van der Waals surface area contributed by atoms with Crippen LogP contribution in [0.4, 0.5) is 5.82 Å². The monoisotopic (exact) mass is 261 g/mol. The maximum Gasteiger partial charge on any atom is 0.136 e. The predicted molar refractivity (Wildman–Crippen MR) is 75.8 cm³/mol. The molecule has 5 heteroatoms. The Morgan fingerprint density at radius 1 is 1.44 bits per heavy atom. The van der Waals surface area contributed by atoms with E-state index < -0.39 is 0 Å². The fourth-order valence-electron chi connectivity index (χ4n) is 1.65. The molecule has 0 aliphatic heterocycles. The van der Waals surface area contributed by atoms with Gasteiger partial charge in [0.05, 0.1) is 11.8 Å². The van der Waals surface area contributed by atoms with Gasteiger partial charge in [0.25, 0.3) is 0 Å². The number of nitrogens with one attached hydrogen (secondary N) is 1. The lowest BCUT2D eigenvalue weighted by molar-refractivity contribution is 0.513. The molecular formula is C13H15N3OS. The molecule has 18 heavy (non-hydrogen) atoms. The van der Waals surface area contributed by atoms with E-state index in [4.69, 9.17) is 22.4 Å². The third-order valence-electron chi connectivity index (χ3n) is 2.54. The molecule has 0 unspecified atom stereocenters. The SMILES string of the molecule is Cc1ccc(C(N)=S)c(NCCc2ccco2)n1. The molecule has 0 saturated heterocycles. The lowest BCUT2D eigenvalue weighted by atomic mass is 10.2. The second-order valence-corrected chi connectivity index (χ2v) is 4.41. The molecule has 0 radical (unpaired) electrons. The molecule has 0 saturated carbocycles. The van der Waals surface area contributed by atoms with Gasteiger partial charge in [0, 0.05) is 18.7 Å². The minimum absolute atomic E-state index is 0.350. The van der Waals surface area contributed by atoms with Gasteiger partial charge in [-0.05, 0) is 31.2 Å². The number of furan rings is 1. The molecule has 0 amide bonds. The Labute approximate surface area is 111 Å². The van der Waals surface area contributed by atoms with E-state index in [1.165, 1.54) is 0 Å². The predicted octanol–water partition coefficient (Wildman–Crippen LogP) is 2.27. The molecule has 3 N–H and O–H groups in total. The Bertz CT molecular complexity index is 537. The molecular weight excluding hydrogens is 246 g/mol. The van der Waals surface area contributed by atoms with E-state index in [-0.39, 0.29) is 0 Å². The molecule has 0 bridgehead atoms. The van der Waals surface area contributed by atoms with Crippen LogP contribution < -0.4 is 11.1 Å². The zero-order chi connectivity index (χ0) is 13.0. The van der Waals surface area contributed by atoms with Gasteiger partial charge >= 0.3 is 0 Å². The van der Waals surface area contributed by atoms with E-state index in [1.54, 1.807) is 6.26 Å². The highest BCUT2D eigenvalue weighted by molar-refractivity contribution is 7.80. The molecule has 0 aromatic carbocycles. The summed E-state index contributed by atoms with van der Waals surface area (Å²) in [5.74, 6) is 1.67. The van der Waals surface area contributed by atoms with Gasteiger partial charge in [-0.3, -0.25) is 0 Å². The smallest absolute Gasteiger partial charge is 0.136 e. The van der Waals surface area contributed by atoms with Gasteiger partial charge < -0.3 is 15.5 Å². The number of hydrogen-bond donors (Lipinski definition) is 2. The molecule has 2 heterocycles. The van der Waals surface area contributed by atoms with E-state index in [1.807, 2.05) is 31.2 Å². The largest absolute Gasteiger partial charge is 0.469 e. The van der Waals surface area contributed by atoms with Crippen molar-refractivity contribution in [3.8, 4) is 0 Å². The van der Waals surface area contributed by atoms with Crippen LogP contribution in [0.5, 0.6) is 0 Å². The molecule has 0 atom stereocenters. The summed E-state index contributed by atoms with van der Waals surface area (Å²) in [6, 6.07) is 7.60. The molecule has 0 spiro atoms. The average Bonchev–Trinajstić information content (AvgIpc) is 2.82. The van der Waals surface area contributed by atoms with Crippen molar-refractivity contribution in [3.63, 3.8) is 0 Å². The van der Waals surface area contributed by atoms with E-state index in [0.717, 1.165) is 35.8 Å². The highest BCUT2D eigenvalue weighted by atomic mass is 32.1. The first-order valence-electron chi connectivity index (χ1n) is 5.70. The van der Waals surface area contributed by atoms with Crippen LogP contribution in [0.25, 0.3) is 0 Å². The summed E-state index contributed by atoms with van der Waals surface area (Å²) in [5.41, 5.74) is 7.36. The summed E-state index contributed by atoms with van der Waals surface area (Å²) >= 11 is 5.00.